The second kappa shape index (κ2) is 11.1. The molecule has 2 aliphatic rings. The molecule has 0 spiro atoms. The summed E-state index contributed by atoms with van der Waals surface area (Å²) in [7, 11) is 0. The highest BCUT2D eigenvalue weighted by molar-refractivity contribution is 5.82. The van der Waals surface area contributed by atoms with E-state index in [1.54, 1.807) is 26.8 Å². The second-order valence-corrected chi connectivity index (χ2v) is 11.4. The van der Waals surface area contributed by atoms with E-state index in [4.69, 9.17) is 9.47 Å². The smallest absolute Gasteiger partial charge is 0.471 e. The number of rotatable bonds is 7. The van der Waals surface area contributed by atoms with Crippen LogP contribution in [0.15, 0.2) is 54.6 Å². The SMILES string of the molecule is CC(C)(C)OC(=O)N1CCC(COc2ccccc2F)(CN(C(=O)C(F)(F)F)[C@@H]2CC2c2ccccc2)CC1. The molecule has 212 valence electrons. The van der Waals surface area contributed by atoms with E-state index in [9.17, 15) is 27.2 Å². The summed E-state index contributed by atoms with van der Waals surface area (Å²) in [6.07, 6.45) is -4.63. The monoisotopic (exact) mass is 550 g/mol. The molecule has 39 heavy (non-hydrogen) atoms. The van der Waals surface area contributed by atoms with Gasteiger partial charge >= 0.3 is 18.2 Å². The van der Waals surface area contributed by atoms with Crippen molar-refractivity contribution in [1.82, 2.24) is 9.80 Å². The molecule has 1 saturated heterocycles. The predicted octanol–water partition coefficient (Wildman–Crippen LogP) is 6.17. The summed E-state index contributed by atoms with van der Waals surface area (Å²) in [5, 5.41) is 0. The summed E-state index contributed by atoms with van der Waals surface area (Å²) in [6, 6.07) is 14.3. The average molecular weight is 551 g/mol. The van der Waals surface area contributed by atoms with Crippen LogP contribution in [0.2, 0.25) is 0 Å². The predicted molar refractivity (Wildman–Crippen MR) is 137 cm³/mol. The van der Waals surface area contributed by atoms with Crippen LogP contribution in [0.25, 0.3) is 0 Å². The minimum absolute atomic E-state index is 0.0197. The fraction of sp³-hybridized carbons (Fsp3) is 0.517. The van der Waals surface area contributed by atoms with Gasteiger partial charge in [-0.25, -0.2) is 9.18 Å². The number of carbonyl (C=O) groups is 2. The van der Waals surface area contributed by atoms with Gasteiger partial charge in [0.05, 0.1) is 6.61 Å². The number of amides is 2. The van der Waals surface area contributed by atoms with E-state index in [-0.39, 0.29) is 50.8 Å². The van der Waals surface area contributed by atoms with Crippen molar-refractivity contribution >= 4 is 12.0 Å². The first kappa shape index (κ1) is 28.7. The van der Waals surface area contributed by atoms with Crippen molar-refractivity contribution in [2.45, 2.75) is 63.8 Å². The van der Waals surface area contributed by atoms with E-state index in [0.29, 0.717) is 6.42 Å². The van der Waals surface area contributed by atoms with Gasteiger partial charge in [-0.15, -0.1) is 0 Å². The number of alkyl halides is 3. The number of hydrogen-bond donors (Lipinski definition) is 0. The fourth-order valence-corrected chi connectivity index (χ4v) is 5.08. The number of hydrogen-bond acceptors (Lipinski definition) is 4. The van der Waals surface area contributed by atoms with Crippen molar-refractivity contribution in [3.8, 4) is 5.75 Å². The van der Waals surface area contributed by atoms with Crippen molar-refractivity contribution in [3.63, 3.8) is 0 Å². The van der Waals surface area contributed by atoms with Crippen LogP contribution in [-0.2, 0) is 9.53 Å². The maximum Gasteiger partial charge on any atom is 0.471 e. The quantitative estimate of drug-likeness (QED) is 0.387. The van der Waals surface area contributed by atoms with Gasteiger partial charge in [0.1, 0.15) is 5.60 Å². The molecule has 6 nitrogen and oxygen atoms in total. The number of para-hydroxylation sites is 1. The zero-order chi connectivity index (χ0) is 28.4. The Balaban J connectivity index is 1.58. The van der Waals surface area contributed by atoms with Crippen molar-refractivity contribution in [3.05, 3.63) is 66.0 Å². The van der Waals surface area contributed by atoms with E-state index < -0.39 is 41.1 Å². The molecule has 1 aliphatic heterocycles. The first-order chi connectivity index (χ1) is 18.3. The van der Waals surface area contributed by atoms with E-state index in [2.05, 4.69) is 0 Å². The molecule has 0 radical (unpaired) electrons. The van der Waals surface area contributed by atoms with Crippen LogP contribution in [0.5, 0.6) is 5.75 Å². The number of halogens is 4. The van der Waals surface area contributed by atoms with E-state index in [0.717, 1.165) is 10.5 Å². The Kier molecular flexibility index (Phi) is 8.14. The van der Waals surface area contributed by atoms with Crippen LogP contribution in [0, 0.1) is 11.2 Å². The van der Waals surface area contributed by atoms with Gasteiger partial charge in [-0.05, 0) is 57.7 Å². The highest BCUT2D eigenvalue weighted by atomic mass is 19.4. The largest absolute Gasteiger partial charge is 0.490 e. The molecule has 0 N–H and O–H groups in total. The van der Waals surface area contributed by atoms with Gasteiger partial charge in [0.15, 0.2) is 11.6 Å². The molecule has 2 amide bonds. The second-order valence-electron chi connectivity index (χ2n) is 11.4. The van der Waals surface area contributed by atoms with Gasteiger partial charge in [0, 0.05) is 37.0 Å². The van der Waals surface area contributed by atoms with Crippen LogP contribution in [-0.4, -0.2) is 65.9 Å². The molecule has 4 rings (SSSR count). The zero-order valence-electron chi connectivity index (χ0n) is 22.3. The van der Waals surface area contributed by atoms with Crippen LogP contribution >= 0.6 is 0 Å². The molecule has 0 bridgehead atoms. The number of nitrogens with zero attached hydrogens (tertiary/aromatic N) is 2. The third-order valence-electron chi connectivity index (χ3n) is 7.24. The minimum atomic E-state index is -5.05. The molecule has 10 heteroatoms. The lowest BCUT2D eigenvalue weighted by molar-refractivity contribution is -0.188. The lowest BCUT2D eigenvalue weighted by atomic mass is 9.78. The lowest BCUT2D eigenvalue weighted by Gasteiger charge is -2.44. The first-order valence-electron chi connectivity index (χ1n) is 13.1. The molecule has 0 aromatic heterocycles. The summed E-state index contributed by atoms with van der Waals surface area (Å²) in [5.41, 5.74) is -0.765. The highest BCUT2D eigenvalue weighted by Crippen LogP contribution is 2.48. The number of piperidine rings is 1. The normalized spacial score (nSPS) is 20.7. The standard InChI is InChI=1S/C29H34F4N2O4/c1-27(2,3)39-26(37)34-15-13-28(14-16-34,19-38-24-12-8-7-11-22(24)30)18-35(25(36)29(31,32)33)23-17-21(23)20-9-5-4-6-10-20/h4-12,21,23H,13-19H2,1-3H3/t21?,23-/m1/s1. The zero-order valence-corrected chi connectivity index (χ0v) is 22.3. The van der Waals surface area contributed by atoms with Crippen LogP contribution in [0.3, 0.4) is 0 Å². The van der Waals surface area contributed by atoms with Crippen molar-refractivity contribution in [2.75, 3.05) is 26.2 Å². The first-order valence-corrected chi connectivity index (χ1v) is 13.1. The number of ether oxygens (including phenoxy) is 2. The summed E-state index contributed by atoms with van der Waals surface area (Å²) in [5.74, 6) is -2.71. The third kappa shape index (κ3) is 7.22. The van der Waals surface area contributed by atoms with Gasteiger partial charge in [-0.2, -0.15) is 13.2 Å². The molecule has 1 saturated carbocycles. The maximum atomic E-state index is 14.3. The Morgan fingerprint density at radius 1 is 1.00 bits per heavy atom. The van der Waals surface area contributed by atoms with E-state index in [1.807, 2.05) is 30.3 Å². The fourth-order valence-electron chi connectivity index (χ4n) is 5.08. The van der Waals surface area contributed by atoms with Gasteiger partial charge in [0.25, 0.3) is 0 Å². The Morgan fingerprint density at radius 3 is 2.21 bits per heavy atom. The summed E-state index contributed by atoms with van der Waals surface area (Å²) >= 11 is 0. The summed E-state index contributed by atoms with van der Waals surface area (Å²) in [4.78, 5) is 27.8. The lowest BCUT2D eigenvalue weighted by Crippen LogP contribution is -2.54. The summed E-state index contributed by atoms with van der Waals surface area (Å²) in [6.45, 7) is 5.32. The van der Waals surface area contributed by atoms with Crippen molar-refractivity contribution in [2.24, 2.45) is 5.41 Å². The van der Waals surface area contributed by atoms with Gasteiger partial charge < -0.3 is 19.3 Å². The summed E-state index contributed by atoms with van der Waals surface area (Å²) < 4.78 is 66.9. The Bertz CT molecular complexity index is 1160. The minimum Gasteiger partial charge on any atom is -0.490 e. The van der Waals surface area contributed by atoms with Crippen LogP contribution in [0.1, 0.15) is 51.5 Å². The average Bonchev–Trinajstić information content (AvgIpc) is 3.67. The molecule has 1 aliphatic carbocycles. The topological polar surface area (TPSA) is 59.1 Å². The van der Waals surface area contributed by atoms with Gasteiger partial charge in [-0.3, -0.25) is 4.79 Å². The van der Waals surface area contributed by atoms with E-state index >= 15 is 0 Å². The molecule has 1 unspecified atom stereocenters. The Hall–Kier alpha value is -3.30. The molecule has 2 aromatic carbocycles. The third-order valence-corrected chi connectivity index (χ3v) is 7.24. The molecular formula is C29H34F4N2O4. The van der Waals surface area contributed by atoms with Gasteiger partial charge in [0.2, 0.25) is 0 Å². The number of benzene rings is 2. The highest BCUT2D eigenvalue weighted by Gasteiger charge is 2.54. The molecular weight excluding hydrogens is 516 g/mol. The van der Waals surface area contributed by atoms with Crippen molar-refractivity contribution < 1.29 is 36.6 Å². The molecule has 2 atom stereocenters. The number of carbonyl (C=O) groups excluding carboxylic acids is 2. The van der Waals surface area contributed by atoms with Gasteiger partial charge in [-0.1, -0.05) is 42.5 Å². The van der Waals surface area contributed by atoms with E-state index in [1.165, 1.54) is 23.1 Å². The number of likely N-dealkylation sites (tertiary alicyclic amines) is 1. The van der Waals surface area contributed by atoms with Crippen LogP contribution < -0.4 is 4.74 Å². The molecule has 2 aromatic rings. The maximum absolute atomic E-state index is 14.3. The molecule has 2 fully saturated rings. The van der Waals surface area contributed by atoms with Crippen LogP contribution in [0.4, 0.5) is 22.4 Å². The Morgan fingerprint density at radius 2 is 1.62 bits per heavy atom. The molecule has 1 heterocycles. The van der Waals surface area contributed by atoms with Crippen molar-refractivity contribution in [1.29, 1.82) is 0 Å². The Labute approximate surface area is 225 Å².